The van der Waals surface area contributed by atoms with Crippen LogP contribution < -0.4 is 0 Å². The number of aryl methyl sites for hydroxylation is 3. The summed E-state index contributed by atoms with van der Waals surface area (Å²) in [4.78, 5) is 4.72. The number of rotatable bonds is 2. The van der Waals surface area contributed by atoms with Crippen molar-refractivity contribution in [3.63, 3.8) is 0 Å². The topological polar surface area (TPSA) is 17.8 Å². The molecule has 0 amide bonds. The summed E-state index contributed by atoms with van der Waals surface area (Å²) in [6, 6.07) is 12.9. The molecular weight excluding hydrogens is 280 g/mol. The fourth-order valence-electron chi connectivity index (χ4n) is 2.82. The molecule has 0 radical (unpaired) electrons. The first kappa shape index (κ1) is 14.2. The van der Waals surface area contributed by atoms with Gasteiger partial charge in [0.25, 0.3) is 0 Å². The second-order valence-corrected chi connectivity index (χ2v) is 6.41. The van der Waals surface area contributed by atoms with Crippen LogP contribution in [0.4, 0.5) is 0 Å². The van der Waals surface area contributed by atoms with E-state index in [-0.39, 0.29) is 5.38 Å². The van der Waals surface area contributed by atoms with Crippen molar-refractivity contribution in [2.75, 3.05) is 0 Å². The average Bonchev–Trinajstić information content (AvgIpc) is 2.76. The predicted octanol–water partition coefficient (Wildman–Crippen LogP) is 5.25. The van der Waals surface area contributed by atoms with Crippen LogP contribution in [-0.4, -0.2) is 9.55 Å². The summed E-state index contributed by atoms with van der Waals surface area (Å²) in [6.07, 6.45) is 0. The van der Waals surface area contributed by atoms with Crippen molar-refractivity contribution in [2.24, 2.45) is 0 Å². The van der Waals surface area contributed by atoms with Gasteiger partial charge in [-0.3, -0.25) is 4.57 Å². The monoisotopic (exact) mass is 298 g/mol. The fourth-order valence-corrected chi connectivity index (χ4v) is 2.97. The zero-order valence-electron chi connectivity index (χ0n) is 12.8. The number of fused-ring (bicyclic) bond motifs is 1. The van der Waals surface area contributed by atoms with Gasteiger partial charge in [0.15, 0.2) is 0 Å². The normalized spacial score (nSPS) is 12.8. The number of halogens is 1. The molecule has 0 aliphatic carbocycles. The number of hydrogen-bond acceptors (Lipinski definition) is 1. The number of aromatic nitrogens is 2. The van der Waals surface area contributed by atoms with E-state index in [2.05, 4.69) is 61.7 Å². The highest BCUT2D eigenvalue weighted by Crippen LogP contribution is 2.29. The molecule has 0 aliphatic heterocycles. The first-order chi connectivity index (χ1) is 9.95. The molecule has 3 aromatic rings. The molecule has 1 aromatic heterocycles. The maximum Gasteiger partial charge on any atom is 0.132 e. The van der Waals surface area contributed by atoms with Gasteiger partial charge in [-0.15, -0.1) is 11.6 Å². The van der Waals surface area contributed by atoms with Crippen molar-refractivity contribution in [1.82, 2.24) is 9.55 Å². The number of nitrogens with zero attached hydrogens (tertiary/aromatic N) is 2. The first-order valence-electron chi connectivity index (χ1n) is 7.17. The van der Waals surface area contributed by atoms with Crippen LogP contribution >= 0.6 is 11.6 Å². The van der Waals surface area contributed by atoms with Crippen LogP contribution in [-0.2, 0) is 0 Å². The molecule has 0 aliphatic rings. The minimum absolute atomic E-state index is 0.140. The van der Waals surface area contributed by atoms with Gasteiger partial charge in [0, 0.05) is 5.69 Å². The van der Waals surface area contributed by atoms with Gasteiger partial charge in [-0.2, -0.15) is 0 Å². The number of imidazole rings is 1. The summed E-state index contributed by atoms with van der Waals surface area (Å²) in [5.41, 5.74) is 6.94. The Morgan fingerprint density at radius 3 is 2.24 bits per heavy atom. The molecule has 0 N–H and O–H groups in total. The molecular formula is C18H19ClN2. The van der Waals surface area contributed by atoms with E-state index in [4.69, 9.17) is 16.6 Å². The van der Waals surface area contributed by atoms with E-state index >= 15 is 0 Å². The Bertz CT molecular complexity index is 795. The maximum atomic E-state index is 6.37. The molecule has 0 spiro atoms. The fraction of sp³-hybridized carbons (Fsp3) is 0.278. The van der Waals surface area contributed by atoms with Gasteiger partial charge in [-0.1, -0.05) is 12.1 Å². The molecule has 2 aromatic carbocycles. The van der Waals surface area contributed by atoms with Crippen molar-refractivity contribution < 1.29 is 0 Å². The van der Waals surface area contributed by atoms with Gasteiger partial charge in [0.1, 0.15) is 5.82 Å². The standard InChI is InChI=1S/C18H19ClN2/c1-11-5-6-16-17(10-11)21(18(20-16)14(4)19)15-8-12(2)7-13(3)9-15/h5-10,14H,1-4H3. The van der Waals surface area contributed by atoms with E-state index in [1.54, 1.807) is 0 Å². The summed E-state index contributed by atoms with van der Waals surface area (Å²) in [7, 11) is 0. The highest BCUT2D eigenvalue weighted by molar-refractivity contribution is 6.20. The Balaban J connectivity index is 2.38. The van der Waals surface area contributed by atoms with Crippen molar-refractivity contribution in [3.8, 4) is 5.69 Å². The molecule has 2 nitrogen and oxygen atoms in total. The SMILES string of the molecule is Cc1cc(C)cc(-n2c(C(C)Cl)nc3ccc(C)cc32)c1. The van der Waals surface area contributed by atoms with Crippen LogP contribution in [0.3, 0.4) is 0 Å². The lowest BCUT2D eigenvalue weighted by Crippen LogP contribution is -2.02. The molecule has 3 heteroatoms. The van der Waals surface area contributed by atoms with E-state index in [0.29, 0.717) is 0 Å². The molecule has 0 saturated carbocycles. The van der Waals surface area contributed by atoms with Crippen LogP contribution in [0.2, 0.25) is 0 Å². The summed E-state index contributed by atoms with van der Waals surface area (Å²) in [6.45, 7) is 8.30. The van der Waals surface area contributed by atoms with E-state index in [1.807, 2.05) is 6.92 Å². The van der Waals surface area contributed by atoms with Gasteiger partial charge in [-0.05, 0) is 68.7 Å². The minimum atomic E-state index is -0.140. The number of hydrogen-bond donors (Lipinski definition) is 0. The second kappa shape index (κ2) is 5.19. The van der Waals surface area contributed by atoms with Crippen LogP contribution in [0.1, 0.15) is 34.8 Å². The maximum absolute atomic E-state index is 6.37. The predicted molar refractivity (Wildman–Crippen MR) is 89.5 cm³/mol. The largest absolute Gasteiger partial charge is 0.295 e. The summed E-state index contributed by atoms with van der Waals surface area (Å²) in [5, 5.41) is -0.140. The van der Waals surface area contributed by atoms with E-state index in [9.17, 15) is 0 Å². The second-order valence-electron chi connectivity index (χ2n) is 5.76. The molecule has 108 valence electrons. The van der Waals surface area contributed by atoms with Crippen LogP contribution in [0.5, 0.6) is 0 Å². The Hall–Kier alpha value is -1.80. The Morgan fingerprint density at radius 1 is 0.952 bits per heavy atom. The highest BCUT2D eigenvalue weighted by Gasteiger charge is 2.16. The van der Waals surface area contributed by atoms with Crippen LogP contribution in [0, 0.1) is 20.8 Å². The lowest BCUT2D eigenvalue weighted by atomic mass is 10.1. The van der Waals surface area contributed by atoms with E-state index in [1.165, 1.54) is 16.7 Å². The Morgan fingerprint density at radius 2 is 1.62 bits per heavy atom. The molecule has 1 atom stereocenters. The Labute approximate surface area is 130 Å². The number of benzene rings is 2. The molecule has 3 rings (SSSR count). The molecule has 21 heavy (non-hydrogen) atoms. The van der Waals surface area contributed by atoms with Crippen molar-refractivity contribution in [3.05, 3.63) is 58.9 Å². The molecule has 0 bridgehead atoms. The third kappa shape index (κ3) is 2.56. The quantitative estimate of drug-likeness (QED) is 0.591. The summed E-state index contributed by atoms with van der Waals surface area (Å²) < 4.78 is 2.18. The van der Waals surface area contributed by atoms with Crippen molar-refractivity contribution in [1.29, 1.82) is 0 Å². The van der Waals surface area contributed by atoms with E-state index in [0.717, 1.165) is 22.5 Å². The van der Waals surface area contributed by atoms with Gasteiger partial charge >= 0.3 is 0 Å². The first-order valence-corrected chi connectivity index (χ1v) is 7.61. The lowest BCUT2D eigenvalue weighted by molar-refractivity contribution is 0.881. The van der Waals surface area contributed by atoms with Gasteiger partial charge < -0.3 is 0 Å². The summed E-state index contributed by atoms with van der Waals surface area (Å²) >= 11 is 6.37. The third-order valence-electron chi connectivity index (χ3n) is 3.66. The smallest absolute Gasteiger partial charge is 0.132 e. The average molecular weight is 299 g/mol. The van der Waals surface area contributed by atoms with Gasteiger partial charge in [0.05, 0.1) is 16.4 Å². The number of alkyl halides is 1. The van der Waals surface area contributed by atoms with E-state index < -0.39 is 0 Å². The van der Waals surface area contributed by atoms with Crippen LogP contribution in [0.25, 0.3) is 16.7 Å². The van der Waals surface area contributed by atoms with Gasteiger partial charge in [-0.25, -0.2) is 4.98 Å². The molecule has 0 fully saturated rings. The molecule has 0 saturated heterocycles. The van der Waals surface area contributed by atoms with Crippen molar-refractivity contribution >= 4 is 22.6 Å². The molecule has 1 unspecified atom stereocenters. The van der Waals surface area contributed by atoms with Crippen molar-refractivity contribution in [2.45, 2.75) is 33.1 Å². The zero-order chi connectivity index (χ0) is 15.1. The Kier molecular flexibility index (Phi) is 3.50. The molecule has 1 heterocycles. The van der Waals surface area contributed by atoms with Gasteiger partial charge in [0.2, 0.25) is 0 Å². The zero-order valence-corrected chi connectivity index (χ0v) is 13.6. The third-order valence-corrected chi connectivity index (χ3v) is 3.85. The summed E-state index contributed by atoms with van der Waals surface area (Å²) in [5.74, 6) is 0.891. The minimum Gasteiger partial charge on any atom is -0.295 e. The lowest BCUT2D eigenvalue weighted by Gasteiger charge is -2.12. The highest BCUT2D eigenvalue weighted by atomic mass is 35.5. The van der Waals surface area contributed by atoms with Crippen LogP contribution in [0.15, 0.2) is 36.4 Å².